The lowest BCUT2D eigenvalue weighted by Crippen LogP contribution is -2.01. The van der Waals surface area contributed by atoms with E-state index in [2.05, 4.69) is 9.98 Å². The minimum Gasteiger partial charge on any atom is -0.507 e. The highest BCUT2D eigenvalue weighted by molar-refractivity contribution is 6.18. The first-order chi connectivity index (χ1) is 8.84. The minimum atomic E-state index is 0.251. The van der Waals surface area contributed by atoms with Gasteiger partial charge in [-0.2, -0.15) is 0 Å². The summed E-state index contributed by atoms with van der Waals surface area (Å²) in [5.74, 6) is 0.981. The van der Waals surface area contributed by atoms with Gasteiger partial charge in [-0.05, 0) is 12.1 Å². The molecule has 1 aliphatic rings. The molecular formula is C15H12N2O. The molecule has 0 aliphatic carbocycles. The monoisotopic (exact) mass is 236 g/mol. The highest BCUT2D eigenvalue weighted by atomic mass is 16.3. The molecule has 2 aromatic carbocycles. The predicted octanol–water partition coefficient (Wildman–Crippen LogP) is 2.64. The van der Waals surface area contributed by atoms with Crippen molar-refractivity contribution in [2.24, 2.45) is 9.98 Å². The zero-order valence-electron chi connectivity index (χ0n) is 9.74. The Kier molecular flexibility index (Phi) is 2.65. The fourth-order valence-electron chi connectivity index (χ4n) is 1.95. The van der Waals surface area contributed by atoms with Crippen LogP contribution in [0.5, 0.6) is 5.75 Å². The molecule has 88 valence electrons. The SMILES string of the molecule is Oc1ccccc1C1=NC(c2ccccc2)=NC1. The molecule has 3 nitrogen and oxygen atoms in total. The Balaban J connectivity index is 1.94. The third-order valence-corrected chi connectivity index (χ3v) is 2.87. The van der Waals surface area contributed by atoms with Gasteiger partial charge in [0.1, 0.15) is 5.75 Å². The summed E-state index contributed by atoms with van der Waals surface area (Å²) in [7, 11) is 0. The Bertz CT molecular complexity index is 630. The molecule has 0 spiro atoms. The van der Waals surface area contributed by atoms with Crippen LogP contribution in [0.15, 0.2) is 64.6 Å². The average molecular weight is 236 g/mol. The first-order valence-electron chi connectivity index (χ1n) is 5.80. The molecule has 0 unspecified atom stereocenters. The Morgan fingerprint density at radius 3 is 2.39 bits per heavy atom. The molecule has 0 fully saturated rings. The minimum absolute atomic E-state index is 0.251. The number of hydrogen-bond donors (Lipinski definition) is 1. The first kappa shape index (κ1) is 10.7. The Morgan fingerprint density at radius 2 is 1.61 bits per heavy atom. The number of aromatic hydroxyl groups is 1. The second-order valence-electron chi connectivity index (χ2n) is 4.08. The summed E-state index contributed by atoms with van der Waals surface area (Å²) in [5.41, 5.74) is 2.57. The van der Waals surface area contributed by atoms with Crippen molar-refractivity contribution in [3.8, 4) is 5.75 Å². The van der Waals surface area contributed by atoms with Gasteiger partial charge in [0.15, 0.2) is 5.84 Å². The maximum atomic E-state index is 9.80. The maximum absolute atomic E-state index is 9.80. The van der Waals surface area contributed by atoms with E-state index < -0.39 is 0 Å². The van der Waals surface area contributed by atoms with Gasteiger partial charge >= 0.3 is 0 Å². The van der Waals surface area contributed by atoms with Gasteiger partial charge in [0, 0.05) is 11.1 Å². The molecule has 1 N–H and O–H groups in total. The number of rotatable bonds is 2. The van der Waals surface area contributed by atoms with E-state index >= 15 is 0 Å². The van der Waals surface area contributed by atoms with Crippen LogP contribution in [0.4, 0.5) is 0 Å². The standard InChI is InChI=1S/C15H12N2O/c18-14-9-5-4-8-12(14)13-10-16-15(17-13)11-6-2-1-3-7-11/h1-9,18H,10H2. The average Bonchev–Trinajstić information content (AvgIpc) is 2.90. The molecule has 1 aliphatic heterocycles. The number of hydrogen-bond acceptors (Lipinski definition) is 3. The molecular weight excluding hydrogens is 224 g/mol. The number of aliphatic imine (C=N–C) groups is 2. The molecule has 0 bridgehead atoms. The number of phenolic OH excluding ortho intramolecular Hbond substituents is 1. The van der Waals surface area contributed by atoms with Gasteiger partial charge < -0.3 is 5.11 Å². The first-order valence-corrected chi connectivity index (χ1v) is 5.80. The van der Waals surface area contributed by atoms with Crippen LogP contribution >= 0.6 is 0 Å². The zero-order valence-corrected chi connectivity index (χ0v) is 9.74. The molecule has 2 aromatic rings. The van der Waals surface area contributed by atoms with Crippen LogP contribution in [0.3, 0.4) is 0 Å². The molecule has 1 heterocycles. The van der Waals surface area contributed by atoms with E-state index in [0.717, 1.165) is 22.7 Å². The second-order valence-corrected chi connectivity index (χ2v) is 4.08. The summed E-state index contributed by atoms with van der Waals surface area (Å²) in [4.78, 5) is 8.90. The second kappa shape index (κ2) is 4.45. The third-order valence-electron chi connectivity index (χ3n) is 2.87. The molecule has 0 radical (unpaired) electrons. The van der Waals surface area contributed by atoms with Crippen molar-refractivity contribution in [3.05, 3.63) is 65.7 Å². The lowest BCUT2D eigenvalue weighted by atomic mass is 10.1. The summed E-state index contributed by atoms with van der Waals surface area (Å²) >= 11 is 0. The Hall–Kier alpha value is -2.42. The van der Waals surface area contributed by atoms with E-state index in [1.165, 1.54) is 0 Å². The van der Waals surface area contributed by atoms with Crippen molar-refractivity contribution >= 4 is 11.5 Å². The molecule has 3 rings (SSSR count). The van der Waals surface area contributed by atoms with E-state index in [1.807, 2.05) is 42.5 Å². The van der Waals surface area contributed by atoms with Crippen molar-refractivity contribution in [2.45, 2.75) is 0 Å². The predicted molar refractivity (Wildman–Crippen MR) is 72.5 cm³/mol. The van der Waals surface area contributed by atoms with E-state index in [-0.39, 0.29) is 5.75 Å². The van der Waals surface area contributed by atoms with E-state index in [9.17, 15) is 5.11 Å². The smallest absolute Gasteiger partial charge is 0.155 e. The summed E-state index contributed by atoms with van der Waals surface area (Å²) in [6.45, 7) is 0.516. The largest absolute Gasteiger partial charge is 0.507 e. The van der Waals surface area contributed by atoms with Gasteiger partial charge in [0.25, 0.3) is 0 Å². The third kappa shape index (κ3) is 1.91. The normalized spacial score (nSPS) is 14.2. The highest BCUT2D eigenvalue weighted by Gasteiger charge is 2.15. The van der Waals surface area contributed by atoms with E-state index in [4.69, 9.17) is 0 Å². The summed E-state index contributed by atoms with van der Waals surface area (Å²) in [6, 6.07) is 17.1. The van der Waals surface area contributed by atoms with Crippen LogP contribution < -0.4 is 0 Å². The summed E-state index contributed by atoms with van der Waals surface area (Å²) in [6.07, 6.45) is 0. The van der Waals surface area contributed by atoms with Crippen LogP contribution in [0, 0.1) is 0 Å². The van der Waals surface area contributed by atoms with E-state index in [1.54, 1.807) is 12.1 Å². The maximum Gasteiger partial charge on any atom is 0.155 e. The van der Waals surface area contributed by atoms with Gasteiger partial charge in [0.05, 0.1) is 12.3 Å². The Morgan fingerprint density at radius 1 is 0.889 bits per heavy atom. The van der Waals surface area contributed by atoms with Gasteiger partial charge in [-0.25, -0.2) is 4.99 Å². The Labute approximate surface area is 105 Å². The van der Waals surface area contributed by atoms with Crippen LogP contribution in [0.25, 0.3) is 0 Å². The zero-order chi connectivity index (χ0) is 12.4. The van der Waals surface area contributed by atoms with Crippen LogP contribution in [-0.4, -0.2) is 23.2 Å². The molecule has 0 amide bonds. The number of benzene rings is 2. The van der Waals surface area contributed by atoms with Gasteiger partial charge in [0.2, 0.25) is 0 Å². The number of phenols is 1. The van der Waals surface area contributed by atoms with Crippen molar-refractivity contribution in [3.63, 3.8) is 0 Å². The molecule has 0 saturated heterocycles. The molecule has 0 atom stereocenters. The van der Waals surface area contributed by atoms with Crippen LogP contribution in [0.1, 0.15) is 11.1 Å². The lowest BCUT2D eigenvalue weighted by molar-refractivity contribution is 0.474. The van der Waals surface area contributed by atoms with Crippen LogP contribution in [-0.2, 0) is 0 Å². The number of amidine groups is 1. The van der Waals surface area contributed by atoms with Gasteiger partial charge in [-0.15, -0.1) is 0 Å². The topological polar surface area (TPSA) is 45.0 Å². The van der Waals surface area contributed by atoms with Crippen molar-refractivity contribution in [1.29, 1.82) is 0 Å². The molecule has 0 aromatic heterocycles. The van der Waals surface area contributed by atoms with Gasteiger partial charge in [-0.3, -0.25) is 4.99 Å². The fraction of sp³-hybridized carbons (Fsp3) is 0.0667. The van der Waals surface area contributed by atoms with Crippen molar-refractivity contribution in [1.82, 2.24) is 0 Å². The van der Waals surface area contributed by atoms with Crippen LogP contribution in [0.2, 0.25) is 0 Å². The number of para-hydroxylation sites is 1. The van der Waals surface area contributed by atoms with Crippen molar-refractivity contribution in [2.75, 3.05) is 6.54 Å². The lowest BCUT2D eigenvalue weighted by Gasteiger charge is -2.01. The molecule has 3 heteroatoms. The summed E-state index contributed by atoms with van der Waals surface area (Å²) in [5, 5.41) is 9.80. The van der Waals surface area contributed by atoms with Crippen molar-refractivity contribution < 1.29 is 5.11 Å². The van der Waals surface area contributed by atoms with Gasteiger partial charge in [-0.1, -0.05) is 42.5 Å². The molecule has 18 heavy (non-hydrogen) atoms. The molecule has 0 saturated carbocycles. The quantitative estimate of drug-likeness (QED) is 0.856. The summed E-state index contributed by atoms with van der Waals surface area (Å²) < 4.78 is 0. The number of nitrogens with zero attached hydrogens (tertiary/aromatic N) is 2. The fourth-order valence-corrected chi connectivity index (χ4v) is 1.95. The van der Waals surface area contributed by atoms with E-state index in [0.29, 0.717) is 6.54 Å². The highest BCUT2D eigenvalue weighted by Crippen LogP contribution is 2.20.